The lowest BCUT2D eigenvalue weighted by molar-refractivity contribution is 0.414. The lowest BCUT2D eigenvalue weighted by atomic mass is 10.1. The maximum Gasteiger partial charge on any atom is 0.254 e. The van der Waals surface area contributed by atoms with Gasteiger partial charge in [-0.25, -0.2) is 4.39 Å². The number of ether oxygens (including phenoxy) is 1. The van der Waals surface area contributed by atoms with Gasteiger partial charge in [-0.3, -0.25) is 0 Å². The molecule has 0 N–H and O–H groups in total. The highest BCUT2D eigenvalue weighted by Crippen LogP contribution is 2.43. The van der Waals surface area contributed by atoms with Crippen LogP contribution in [0.25, 0.3) is 16.9 Å². The van der Waals surface area contributed by atoms with Crippen LogP contribution in [-0.4, -0.2) is 26.7 Å². The fourth-order valence-corrected chi connectivity index (χ4v) is 4.17. The van der Waals surface area contributed by atoms with Crippen molar-refractivity contribution in [3.05, 3.63) is 64.8 Å². The summed E-state index contributed by atoms with van der Waals surface area (Å²) >= 11 is 14.0. The molecule has 4 aromatic rings. The van der Waals surface area contributed by atoms with Gasteiger partial charge in [0.1, 0.15) is 28.1 Å². The van der Waals surface area contributed by atoms with E-state index < -0.39 is 5.82 Å². The van der Waals surface area contributed by atoms with E-state index in [1.165, 1.54) is 34.7 Å². The Hall–Kier alpha value is -2.35. The second kappa shape index (κ2) is 7.34. The molecule has 0 fully saturated rings. The monoisotopic (exact) mass is 420 g/mol. The number of methoxy groups -OCH3 is 1. The fourth-order valence-electron chi connectivity index (χ4n) is 2.59. The smallest absolute Gasteiger partial charge is 0.254 e. The molecule has 0 saturated heterocycles. The molecule has 136 valence electrons. The fraction of sp³-hybridized carbons (Fsp3) is 0.0556. The van der Waals surface area contributed by atoms with Crippen molar-refractivity contribution in [3.63, 3.8) is 0 Å². The molecule has 0 amide bonds. The van der Waals surface area contributed by atoms with Gasteiger partial charge in [-0.2, -0.15) is 19.6 Å². The number of benzene rings is 2. The van der Waals surface area contributed by atoms with Crippen LogP contribution >= 0.6 is 35.0 Å². The minimum absolute atomic E-state index is 0.0958. The Morgan fingerprint density at radius 3 is 2.56 bits per heavy atom. The molecule has 9 heteroatoms. The van der Waals surface area contributed by atoms with Crippen molar-refractivity contribution >= 4 is 40.7 Å². The zero-order valence-corrected chi connectivity index (χ0v) is 16.2. The van der Waals surface area contributed by atoms with Gasteiger partial charge in [0, 0.05) is 10.5 Å². The average Bonchev–Trinajstić information content (AvgIpc) is 3.12. The zero-order chi connectivity index (χ0) is 19.0. The van der Waals surface area contributed by atoms with Crippen molar-refractivity contribution in [3.8, 4) is 16.9 Å². The van der Waals surface area contributed by atoms with Crippen molar-refractivity contribution in [1.29, 1.82) is 0 Å². The number of hydrogen-bond donors (Lipinski definition) is 0. The summed E-state index contributed by atoms with van der Waals surface area (Å²) in [5.41, 5.74) is 0.531. The largest absolute Gasteiger partial charge is 0.497 e. The molecule has 0 spiro atoms. The molecule has 0 aliphatic heterocycles. The van der Waals surface area contributed by atoms with Crippen LogP contribution in [0.3, 0.4) is 0 Å². The Kier molecular flexibility index (Phi) is 4.90. The van der Waals surface area contributed by atoms with Crippen LogP contribution in [0, 0.1) is 5.82 Å². The van der Waals surface area contributed by atoms with Crippen LogP contribution in [0.1, 0.15) is 0 Å². The summed E-state index contributed by atoms with van der Waals surface area (Å²) in [4.78, 5) is 9.18. The Morgan fingerprint density at radius 2 is 1.85 bits per heavy atom. The summed E-state index contributed by atoms with van der Waals surface area (Å²) in [5.74, 6) is 0.546. The minimum atomic E-state index is -0.498. The van der Waals surface area contributed by atoms with Gasteiger partial charge in [0.15, 0.2) is 0 Å². The molecule has 0 radical (unpaired) electrons. The van der Waals surface area contributed by atoms with E-state index in [0.717, 1.165) is 10.6 Å². The second-order valence-electron chi connectivity index (χ2n) is 5.43. The van der Waals surface area contributed by atoms with Crippen molar-refractivity contribution in [2.45, 2.75) is 9.92 Å². The molecule has 27 heavy (non-hydrogen) atoms. The Labute approximate surface area is 168 Å². The molecule has 2 heterocycles. The summed E-state index contributed by atoms with van der Waals surface area (Å²) in [5, 5.41) is 5.09. The highest BCUT2D eigenvalue weighted by molar-refractivity contribution is 7.99. The van der Waals surface area contributed by atoms with Crippen LogP contribution in [0.2, 0.25) is 10.2 Å². The van der Waals surface area contributed by atoms with E-state index in [1.807, 2.05) is 24.3 Å². The van der Waals surface area contributed by atoms with Crippen molar-refractivity contribution in [2.24, 2.45) is 0 Å². The van der Waals surface area contributed by atoms with Crippen LogP contribution in [0.5, 0.6) is 5.75 Å². The topological polar surface area (TPSA) is 52.3 Å². The Bertz CT molecular complexity index is 1110. The number of rotatable bonds is 4. The summed E-state index contributed by atoms with van der Waals surface area (Å²) in [6.45, 7) is 0. The first-order valence-electron chi connectivity index (χ1n) is 7.74. The lowest BCUT2D eigenvalue weighted by Gasteiger charge is -2.14. The summed E-state index contributed by atoms with van der Waals surface area (Å²) in [6, 6.07) is 11.9. The normalized spacial score (nSPS) is 11.1. The van der Waals surface area contributed by atoms with Crippen LogP contribution in [-0.2, 0) is 0 Å². The molecular weight excluding hydrogens is 410 g/mol. The molecule has 2 aromatic carbocycles. The van der Waals surface area contributed by atoms with Gasteiger partial charge < -0.3 is 4.74 Å². The Balaban J connectivity index is 1.95. The highest BCUT2D eigenvalue weighted by atomic mass is 35.5. The number of nitrogens with zero attached hydrogens (tertiary/aromatic N) is 4. The third-order valence-corrected chi connectivity index (χ3v) is 5.49. The second-order valence-corrected chi connectivity index (χ2v) is 7.26. The quantitative estimate of drug-likeness (QED) is 0.413. The molecule has 2 aromatic heterocycles. The van der Waals surface area contributed by atoms with Crippen LogP contribution in [0.4, 0.5) is 4.39 Å². The maximum absolute atomic E-state index is 14.6. The third kappa shape index (κ3) is 3.34. The summed E-state index contributed by atoms with van der Waals surface area (Å²) < 4.78 is 21.3. The SMILES string of the molecule is COc1ccc(Sc2c(-c3c(F)cccc3Cl)c(Cl)nc3ncnn23)cc1. The third-order valence-electron chi connectivity index (χ3n) is 3.83. The molecular formula is C18H11Cl2FN4OS. The highest BCUT2D eigenvalue weighted by Gasteiger charge is 2.23. The number of hydrogen-bond acceptors (Lipinski definition) is 5. The molecule has 4 rings (SSSR count). The van der Waals surface area contributed by atoms with Gasteiger partial charge in [-0.05, 0) is 36.4 Å². The number of aromatic nitrogens is 4. The van der Waals surface area contributed by atoms with Gasteiger partial charge in [0.25, 0.3) is 5.78 Å². The maximum atomic E-state index is 14.6. The van der Waals surface area contributed by atoms with E-state index in [1.54, 1.807) is 13.2 Å². The molecule has 5 nitrogen and oxygen atoms in total. The zero-order valence-electron chi connectivity index (χ0n) is 13.9. The number of fused-ring (bicyclic) bond motifs is 1. The van der Waals surface area contributed by atoms with Gasteiger partial charge in [0.05, 0.1) is 17.7 Å². The first kappa shape index (κ1) is 18.0. The average molecular weight is 421 g/mol. The van der Waals surface area contributed by atoms with Gasteiger partial charge in [0.2, 0.25) is 0 Å². The van der Waals surface area contributed by atoms with E-state index in [2.05, 4.69) is 15.1 Å². The summed E-state index contributed by atoms with van der Waals surface area (Å²) in [6.07, 6.45) is 1.36. The van der Waals surface area contributed by atoms with E-state index in [0.29, 0.717) is 16.4 Å². The van der Waals surface area contributed by atoms with E-state index >= 15 is 0 Å². The Morgan fingerprint density at radius 1 is 1.07 bits per heavy atom. The van der Waals surface area contributed by atoms with Crippen molar-refractivity contribution in [1.82, 2.24) is 19.6 Å². The molecule has 0 atom stereocenters. The predicted octanol–water partition coefficient (Wildman–Crippen LogP) is 5.40. The van der Waals surface area contributed by atoms with E-state index in [-0.39, 0.29) is 15.7 Å². The molecule has 0 aliphatic carbocycles. The molecule has 0 bridgehead atoms. The number of halogens is 3. The molecule has 0 saturated carbocycles. The van der Waals surface area contributed by atoms with Gasteiger partial charge in [-0.1, -0.05) is 41.0 Å². The first-order valence-corrected chi connectivity index (χ1v) is 9.31. The summed E-state index contributed by atoms with van der Waals surface area (Å²) in [7, 11) is 1.60. The lowest BCUT2D eigenvalue weighted by Crippen LogP contribution is -2.02. The van der Waals surface area contributed by atoms with Crippen molar-refractivity contribution < 1.29 is 9.13 Å². The molecule has 0 aliphatic rings. The van der Waals surface area contributed by atoms with Gasteiger partial charge in [-0.15, -0.1) is 0 Å². The minimum Gasteiger partial charge on any atom is -0.497 e. The van der Waals surface area contributed by atoms with Gasteiger partial charge >= 0.3 is 0 Å². The van der Waals surface area contributed by atoms with Crippen LogP contribution < -0.4 is 4.74 Å². The van der Waals surface area contributed by atoms with E-state index in [9.17, 15) is 4.39 Å². The predicted molar refractivity (Wildman–Crippen MR) is 103 cm³/mol. The standard InChI is InChI=1S/C18H11Cl2FN4OS/c1-26-10-5-7-11(8-6-10)27-17-15(14-12(19)3-2-4-13(14)21)16(20)24-18-22-9-23-25(17)18/h2-9H,1H3. The van der Waals surface area contributed by atoms with Crippen molar-refractivity contribution in [2.75, 3.05) is 7.11 Å². The first-order chi connectivity index (χ1) is 13.1. The van der Waals surface area contributed by atoms with Crippen LogP contribution in [0.15, 0.2) is 58.7 Å². The molecule has 0 unspecified atom stereocenters. The van der Waals surface area contributed by atoms with E-state index in [4.69, 9.17) is 27.9 Å².